The maximum absolute atomic E-state index is 12.8. The van der Waals surface area contributed by atoms with Gasteiger partial charge in [0.05, 0.1) is 12.0 Å². The number of benzene rings is 2. The van der Waals surface area contributed by atoms with Crippen molar-refractivity contribution in [3.05, 3.63) is 60.2 Å². The Morgan fingerprint density at radius 2 is 1.83 bits per heavy atom. The average Bonchev–Trinajstić information content (AvgIpc) is 3.26. The molecule has 1 N–H and O–H groups in total. The number of anilines is 2. The molecule has 1 aliphatic carbocycles. The lowest BCUT2D eigenvalue weighted by Crippen LogP contribution is -2.16. The zero-order chi connectivity index (χ0) is 21.0. The third-order valence-corrected chi connectivity index (χ3v) is 5.23. The molecule has 29 heavy (non-hydrogen) atoms. The molecule has 0 saturated heterocycles. The van der Waals surface area contributed by atoms with Gasteiger partial charge >= 0.3 is 5.97 Å². The van der Waals surface area contributed by atoms with E-state index in [4.69, 9.17) is 15.9 Å². The van der Waals surface area contributed by atoms with Crippen molar-refractivity contribution in [2.24, 2.45) is 17.3 Å². The van der Waals surface area contributed by atoms with E-state index < -0.39 is 6.10 Å². The SMILES string of the molecule is C#CC(OC(=O)C1C(OCC(C)C)C1(C)C)c1cccc(Nc2ccccc2)c1. The van der Waals surface area contributed by atoms with Gasteiger partial charge in [-0.2, -0.15) is 0 Å². The Kier molecular flexibility index (Phi) is 6.30. The summed E-state index contributed by atoms with van der Waals surface area (Å²) in [5, 5.41) is 3.33. The second kappa shape index (κ2) is 8.71. The number of hydrogen-bond acceptors (Lipinski definition) is 4. The third kappa shape index (κ3) is 4.99. The first kappa shape index (κ1) is 21.0. The fourth-order valence-corrected chi connectivity index (χ4v) is 3.48. The van der Waals surface area contributed by atoms with Crippen LogP contribution in [0.1, 0.15) is 39.4 Å². The molecule has 0 spiro atoms. The second-order valence-corrected chi connectivity index (χ2v) is 8.55. The predicted molar refractivity (Wildman–Crippen MR) is 116 cm³/mol. The minimum absolute atomic E-state index is 0.123. The van der Waals surface area contributed by atoms with Crippen LogP contribution < -0.4 is 5.32 Å². The quantitative estimate of drug-likeness (QED) is 0.487. The van der Waals surface area contributed by atoms with Crippen molar-refractivity contribution in [3.8, 4) is 12.3 Å². The summed E-state index contributed by atoms with van der Waals surface area (Å²) in [6, 6.07) is 17.5. The molecular weight excluding hydrogens is 362 g/mol. The molecule has 3 atom stereocenters. The molecule has 2 aromatic carbocycles. The number of carbonyl (C=O) groups excluding carboxylic acids is 1. The molecule has 3 unspecified atom stereocenters. The second-order valence-electron chi connectivity index (χ2n) is 8.55. The minimum Gasteiger partial charge on any atom is -0.444 e. The summed E-state index contributed by atoms with van der Waals surface area (Å²) in [5.41, 5.74) is 2.39. The van der Waals surface area contributed by atoms with Crippen molar-refractivity contribution in [1.29, 1.82) is 0 Å². The fraction of sp³-hybridized carbons (Fsp3) is 0.400. The number of esters is 1. The van der Waals surface area contributed by atoms with Gasteiger partial charge in [0.1, 0.15) is 0 Å². The smallest absolute Gasteiger partial charge is 0.313 e. The normalized spacial score (nSPS) is 20.6. The van der Waals surface area contributed by atoms with Gasteiger partial charge in [-0.3, -0.25) is 4.79 Å². The molecule has 4 heteroatoms. The van der Waals surface area contributed by atoms with E-state index in [0.717, 1.165) is 16.9 Å². The van der Waals surface area contributed by atoms with Crippen molar-refractivity contribution in [2.45, 2.75) is 39.9 Å². The van der Waals surface area contributed by atoms with E-state index in [-0.39, 0.29) is 23.4 Å². The molecule has 0 aliphatic heterocycles. The molecule has 0 heterocycles. The molecule has 0 radical (unpaired) electrons. The highest BCUT2D eigenvalue weighted by molar-refractivity contribution is 5.79. The van der Waals surface area contributed by atoms with Crippen LogP contribution in [0.25, 0.3) is 0 Å². The van der Waals surface area contributed by atoms with Crippen LogP contribution in [-0.4, -0.2) is 18.7 Å². The van der Waals surface area contributed by atoms with Crippen LogP contribution >= 0.6 is 0 Å². The van der Waals surface area contributed by atoms with E-state index in [1.807, 2.05) is 68.4 Å². The first-order valence-corrected chi connectivity index (χ1v) is 10.0. The lowest BCUT2D eigenvalue weighted by molar-refractivity contribution is -0.150. The Morgan fingerprint density at radius 1 is 1.14 bits per heavy atom. The highest BCUT2D eigenvalue weighted by Crippen LogP contribution is 2.55. The van der Waals surface area contributed by atoms with Crippen molar-refractivity contribution < 1.29 is 14.3 Å². The Hall–Kier alpha value is -2.77. The summed E-state index contributed by atoms with van der Waals surface area (Å²) in [5.74, 6) is 2.43. The molecule has 1 saturated carbocycles. The summed E-state index contributed by atoms with van der Waals surface area (Å²) in [6.07, 6.45) is 4.84. The van der Waals surface area contributed by atoms with Crippen LogP contribution in [0, 0.1) is 29.6 Å². The molecule has 152 valence electrons. The maximum atomic E-state index is 12.8. The van der Waals surface area contributed by atoms with Gasteiger partial charge in [-0.25, -0.2) is 0 Å². The number of rotatable bonds is 8. The Morgan fingerprint density at radius 3 is 2.48 bits per heavy atom. The van der Waals surface area contributed by atoms with Crippen LogP contribution in [0.3, 0.4) is 0 Å². The maximum Gasteiger partial charge on any atom is 0.313 e. The van der Waals surface area contributed by atoms with Crippen molar-refractivity contribution >= 4 is 17.3 Å². The van der Waals surface area contributed by atoms with Crippen LogP contribution in [0.15, 0.2) is 54.6 Å². The number of ether oxygens (including phenoxy) is 2. The topological polar surface area (TPSA) is 47.6 Å². The zero-order valence-corrected chi connectivity index (χ0v) is 17.5. The van der Waals surface area contributed by atoms with Gasteiger partial charge in [0.2, 0.25) is 0 Å². The standard InChI is InChI=1S/C25H29NO3/c1-6-21(29-24(27)22-23(25(22,4)5)28-16-17(2)3)18-11-10-14-20(15-18)26-19-12-8-7-9-13-19/h1,7-15,17,21-23,26H,16H2,2-5H3. The third-order valence-electron chi connectivity index (χ3n) is 5.23. The van der Waals surface area contributed by atoms with Crippen molar-refractivity contribution in [2.75, 3.05) is 11.9 Å². The number of hydrogen-bond donors (Lipinski definition) is 1. The summed E-state index contributed by atoms with van der Waals surface area (Å²) in [6.45, 7) is 8.86. The van der Waals surface area contributed by atoms with Crippen LogP contribution in [0.5, 0.6) is 0 Å². The summed E-state index contributed by atoms with van der Waals surface area (Å²) in [4.78, 5) is 12.8. The van der Waals surface area contributed by atoms with E-state index >= 15 is 0 Å². The number of nitrogens with one attached hydrogen (secondary N) is 1. The van der Waals surface area contributed by atoms with Gasteiger partial charge in [-0.1, -0.05) is 63.9 Å². The van der Waals surface area contributed by atoms with E-state index in [0.29, 0.717) is 12.5 Å². The summed E-state index contributed by atoms with van der Waals surface area (Å²) in [7, 11) is 0. The van der Waals surface area contributed by atoms with Gasteiger partial charge in [0.15, 0.2) is 6.10 Å². The minimum atomic E-state index is -0.734. The number of terminal acetylenes is 1. The van der Waals surface area contributed by atoms with E-state index in [9.17, 15) is 4.79 Å². The van der Waals surface area contributed by atoms with E-state index in [1.54, 1.807) is 0 Å². The zero-order valence-electron chi connectivity index (χ0n) is 17.5. The molecule has 3 rings (SSSR count). The molecule has 1 aliphatic rings. The van der Waals surface area contributed by atoms with Crippen LogP contribution in [0.4, 0.5) is 11.4 Å². The van der Waals surface area contributed by atoms with Gasteiger partial charge < -0.3 is 14.8 Å². The molecule has 2 aromatic rings. The summed E-state index contributed by atoms with van der Waals surface area (Å²) < 4.78 is 11.6. The lowest BCUT2D eigenvalue weighted by Gasteiger charge is -2.15. The highest BCUT2D eigenvalue weighted by atomic mass is 16.6. The summed E-state index contributed by atoms with van der Waals surface area (Å²) >= 11 is 0. The van der Waals surface area contributed by atoms with Gasteiger partial charge in [-0.05, 0) is 30.2 Å². The van der Waals surface area contributed by atoms with Crippen molar-refractivity contribution in [1.82, 2.24) is 0 Å². The van der Waals surface area contributed by atoms with Crippen LogP contribution in [0.2, 0.25) is 0 Å². The molecule has 0 amide bonds. The monoisotopic (exact) mass is 391 g/mol. The molecular formula is C25H29NO3. The molecule has 4 nitrogen and oxygen atoms in total. The van der Waals surface area contributed by atoms with Gasteiger partial charge in [0, 0.05) is 29.0 Å². The van der Waals surface area contributed by atoms with Crippen LogP contribution in [-0.2, 0) is 14.3 Å². The lowest BCUT2D eigenvalue weighted by atomic mass is 10.1. The molecule has 0 bridgehead atoms. The average molecular weight is 392 g/mol. The van der Waals surface area contributed by atoms with E-state index in [1.165, 1.54) is 0 Å². The Bertz CT molecular complexity index is 882. The van der Waals surface area contributed by atoms with Crippen molar-refractivity contribution in [3.63, 3.8) is 0 Å². The Balaban J connectivity index is 1.67. The molecule has 0 aromatic heterocycles. The highest BCUT2D eigenvalue weighted by Gasteiger charge is 2.64. The largest absolute Gasteiger partial charge is 0.444 e. The first-order chi connectivity index (χ1) is 13.8. The molecule has 1 fully saturated rings. The van der Waals surface area contributed by atoms with Gasteiger partial charge in [0.25, 0.3) is 0 Å². The van der Waals surface area contributed by atoms with Gasteiger partial charge in [-0.15, -0.1) is 6.42 Å². The number of para-hydroxylation sites is 1. The Labute approximate surface area is 173 Å². The number of carbonyl (C=O) groups is 1. The first-order valence-electron chi connectivity index (χ1n) is 10.0. The fourth-order valence-electron chi connectivity index (χ4n) is 3.48. The van der Waals surface area contributed by atoms with E-state index in [2.05, 4.69) is 25.1 Å². The predicted octanol–water partition coefficient (Wildman–Crippen LogP) is 5.34.